The molecule has 0 aliphatic carbocycles. The number of benzene rings is 4. The maximum absolute atomic E-state index is 13.6. The maximum Gasteiger partial charge on any atom is 0.339 e. The molecule has 0 aliphatic heterocycles. The van der Waals surface area contributed by atoms with E-state index in [0.717, 1.165) is 13.2 Å². The van der Waals surface area contributed by atoms with Gasteiger partial charge in [0.2, 0.25) is 5.91 Å². The number of pyridine rings is 1. The van der Waals surface area contributed by atoms with E-state index in [4.69, 9.17) is 9.47 Å². The summed E-state index contributed by atoms with van der Waals surface area (Å²) in [6.07, 6.45) is 4.08. The van der Waals surface area contributed by atoms with Crippen LogP contribution in [0, 0.1) is 0 Å². The molecule has 0 fully saturated rings. The van der Waals surface area contributed by atoms with Crippen LogP contribution in [-0.4, -0.2) is 101 Å². The van der Waals surface area contributed by atoms with E-state index < -0.39 is 52.7 Å². The summed E-state index contributed by atoms with van der Waals surface area (Å²) in [4.78, 5) is 88.8. The number of phenols is 2. The zero-order valence-electron chi connectivity index (χ0n) is 33.4. The first-order valence-corrected chi connectivity index (χ1v) is 18.8. The molecule has 0 saturated heterocycles. The number of carboxylic acid groups (broad SMARTS) is 1. The number of hydrogen-bond donors (Lipinski definition) is 10. The Bertz CT molecular complexity index is 2920. The van der Waals surface area contributed by atoms with Gasteiger partial charge in [0.1, 0.15) is 17.3 Å². The van der Waals surface area contributed by atoms with E-state index in [2.05, 4.69) is 56.9 Å². The fraction of sp³-hybridized carbons (Fsp3) is 0.0952. The first kappa shape index (κ1) is 42.8. The number of aromatic nitrogens is 6. The van der Waals surface area contributed by atoms with Gasteiger partial charge in [0, 0.05) is 23.2 Å². The van der Waals surface area contributed by atoms with Crippen molar-refractivity contribution in [3.8, 4) is 23.0 Å². The molecule has 7 aromatic rings. The number of amides is 5. The van der Waals surface area contributed by atoms with Crippen LogP contribution >= 0.6 is 0 Å². The quantitative estimate of drug-likeness (QED) is 0.0698. The molecule has 7 rings (SSSR count). The molecule has 1 unspecified atom stereocenters. The van der Waals surface area contributed by atoms with E-state index in [1.807, 2.05) is 0 Å². The lowest BCUT2D eigenvalue weighted by Gasteiger charge is -2.18. The van der Waals surface area contributed by atoms with Gasteiger partial charge in [-0.2, -0.15) is 15.4 Å². The SMILES string of the molecule is COc1c(NC(=O)c2ccc(NC(=O)c3ccc(NC(=O)C(Cc4cn[nH]n4)NC(=O)c4ccc(NC(=O)c5ccc6nc[nH]c6c5)cc4)cn3)c(OC)c2O)ccc(C(=O)O)c1O. The summed E-state index contributed by atoms with van der Waals surface area (Å²) in [5.74, 6) is -6.70. The first-order valence-electron chi connectivity index (χ1n) is 18.8. The maximum atomic E-state index is 13.6. The molecule has 1 atom stereocenters. The Kier molecular flexibility index (Phi) is 12.4. The molecule has 0 bridgehead atoms. The number of ether oxygens (including phenoxy) is 2. The number of aromatic carboxylic acids is 1. The highest BCUT2D eigenvalue weighted by Gasteiger charge is 2.26. The van der Waals surface area contributed by atoms with Crippen molar-refractivity contribution >= 4 is 69.3 Å². The number of fused-ring (bicyclic) bond motifs is 1. The van der Waals surface area contributed by atoms with E-state index in [1.54, 1.807) is 30.3 Å². The number of aromatic hydroxyl groups is 2. The van der Waals surface area contributed by atoms with Crippen molar-refractivity contribution < 1.29 is 53.6 Å². The minimum absolute atomic E-state index is 0.0453. The second-order valence-corrected chi connectivity index (χ2v) is 13.6. The summed E-state index contributed by atoms with van der Waals surface area (Å²) in [6.45, 7) is 0. The minimum atomic E-state index is -1.43. The molecule has 0 aliphatic rings. The molecular weight excluding hydrogens is 835 g/mol. The van der Waals surface area contributed by atoms with Gasteiger partial charge in [0.05, 0.1) is 72.3 Å². The number of hydrogen-bond acceptors (Lipinski definition) is 14. The molecule has 0 spiro atoms. The number of phenolic OH excluding ortho intramolecular Hbond substituents is 1. The number of anilines is 4. The predicted octanol–water partition coefficient (Wildman–Crippen LogP) is 3.94. The Labute approximate surface area is 360 Å². The highest BCUT2D eigenvalue weighted by molar-refractivity contribution is 6.10. The number of carbonyl (C=O) groups is 6. The van der Waals surface area contributed by atoms with Crippen LogP contribution in [0.1, 0.15) is 57.6 Å². The average Bonchev–Trinajstić information content (AvgIpc) is 3.99. The van der Waals surface area contributed by atoms with Crippen molar-refractivity contribution in [3.63, 3.8) is 0 Å². The molecule has 324 valence electrons. The highest BCUT2D eigenvalue weighted by Crippen LogP contribution is 2.40. The summed E-state index contributed by atoms with van der Waals surface area (Å²) >= 11 is 0. The number of nitrogens with zero attached hydrogens (tertiary/aromatic N) is 4. The third-order valence-corrected chi connectivity index (χ3v) is 9.49. The van der Waals surface area contributed by atoms with E-state index in [9.17, 15) is 44.1 Å². The van der Waals surface area contributed by atoms with Gasteiger partial charge in [-0.3, -0.25) is 24.0 Å². The van der Waals surface area contributed by atoms with Crippen molar-refractivity contribution in [2.24, 2.45) is 0 Å². The first-order chi connectivity index (χ1) is 30.8. The van der Waals surface area contributed by atoms with Crippen molar-refractivity contribution in [1.29, 1.82) is 0 Å². The number of nitrogens with one attached hydrogen (secondary N) is 7. The number of carboxylic acids is 1. The molecule has 0 saturated carbocycles. The van der Waals surface area contributed by atoms with Crippen molar-refractivity contribution in [2.45, 2.75) is 12.5 Å². The lowest BCUT2D eigenvalue weighted by Crippen LogP contribution is -2.45. The second-order valence-electron chi connectivity index (χ2n) is 13.6. The van der Waals surface area contributed by atoms with Gasteiger partial charge in [0.15, 0.2) is 23.0 Å². The highest BCUT2D eigenvalue weighted by atomic mass is 16.5. The Balaban J connectivity index is 0.981. The summed E-state index contributed by atoms with van der Waals surface area (Å²) in [5, 5.41) is 53.8. The Morgan fingerprint density at radius 3 is 1.97 bits per heavy atom. The molecule has 64 heavy (non-hydrogen) atoms. The third kappa shape index (κ3) is 9.34. The Morgan fingerprint density at radius 1 is 0.672 bits per heavy atom. The smallest absolute Gasteiger partial charge is 0.339 e. The fourth-order valence-electron chi connectivity index (χ4n) is 6.28. The van der Waals surface area contributed by atoms with Crippen molar-refractivity contribution in [1.82, 2.24) is 35.7 Å². The zero-order chi connectivity index (χ0) is 45.5. The van der Waals surface area contributed by atoms with Crippen LogP contribution in [-0.2, 0) is 11.2 Å². The largest absolute Gasteiger partial charge is 0.504 e. The van der Waals surface area contributed by atoms with Crippen LogP contribution < -0.4 is 36.1 Å². The Morgan fingerprint density at radius 2 is 1.33 bits per heavy atom. The van der Waals surface area contributed by atoms with Crippen molar-refractivity contribution in [2.75, 3.05) is 35.5 Å². The average molecular weight is 870 g/mol. The molecule has 3 heterocycles. The minimum Gasteiger partial charge on any atom is -0.504 e. The van der Waals surface area contributed by atoms with Gasteiger partial charge in [0.25, 0.3) is 23.6 Å². The predicted molar refractivity (Wildman–Crippen MR) is 227 cm³/mol. The van der Waals surface area contributed by atoms with Gasteiger partial charge in [-0.25, -0.2) is 14.8 Å². The van der Waals surface area contributed by atoms with Gasteiger partial charge in [-0.05, 0) is 78.9 Å². The lowest BCUT2D eigenvalue weighted by atomic mass is 10.1. The standard InChI is InChI=1S/C42H35N11O11/c1-63-35-29(13-9-25(33(35)54)39(58)49-28-14-10-26(42(61)62)34(55)36(28)64-2)50-40(59)30-12-8-23(17-43-30)48-41(60)32(16-24-18-46-53-52-24)51-37(56)20-3-6-22(7-4-20)47-38(57)21-5-11-27-31(15-21)45-19-44-27/h3-15,17-19,32,54-55H,16H2,1-2H3,(H,44,45)(H,47,57)(H,48,60)(H,49,58)(H,50,59)(H,51,56)(H,61,62)(H,46,52,53). The normalized spacial score (nSPS) is 11.2. The molecule has 22 heteroatoms. The number of carbonyl (C=O) groups excluding carboxylic acids is 5. The van der Waals surface area contributed by atoms with Crippen molar-refractivity contribution in [3.05, 3.63) is 131 Å². The van der Waals surface area contributed by atoms with E-state index in [-0.39, 0.29) is 57.7 Å². The molecule has 5 amide bonds. The van der Waals surface area contributed by atoms with E-state index in [1.165, 1.54) is 68.3 Å². The Hall–Kier alpha value is -9.34. The molecule has 4 aromatic carbocycles. The van der Waals surface area contributed by atoms with E-state index in [0.29, 0.717) is 28.0 Å². The summed E-state index contributed by atoms with van der Waals surface area (Å²) in [7, 11) is 2.35. The number of rotatable bonds is 15. The van der Waals surface area contributed by atoms with Crippen LogP contribution in [0.3, 0.4) is 0 Å². The number of aromatic amines is 2. The van der Waals surface area contributed by atoms with Crippen LogP contribution in [0.15, 0.2) is 97.6 Å². The van der Waals surface area contributed by atoms with Gasteiger partial charge < -0.3 is 56.4 Å². The van der Waals surface area contributed by atoms with Gasteiger partial charge in [-0.1, -0.05) is 0 Å². The summed E-state index contributed by atoms with van der Waals surface area (Å²) < 4.78 is 10.4. The molecule has 3 aromatic heterocycles. The van der Waals surface area contributed by atoms with Gasteiger partial charge >= 0.3 is 5.97 Å². The second kappa shape index (κ2) is 18.5. The number of methoxy groups -OCH3 is 2. The van der Waals surface area contributed by atoms with Gasteiger partial charge in [-0.15, -0.1) is 0 Å². The zero-order valence-corrected chi connectivity index (χ0v) is 33.4. The summed E-state index contributed by atoms with van der Waals surface area (Å²) in [6, 6.07) is 17.4. The molecule has 22 nitrogen and oxygen atoms in total. The monoisotopic (exact) mass is 869 g/mol. The third-order valence-electron chi connectivity index (χ3n) is 9.49. The van der Waals surface area contributed by atoms with E-state index >= 15 is 0 Å². The topological polar surface area (TPSA) is 325 Å². The summed E-state index contributed by atoms with van der Waals surface area (Å²) in [5.41, 5.74) is 1.95. The molecular formula is C42H35N11O11. The lowest BCUT2D eigenvalue weighted by molar-refractivity contribution is -0.118. The number of imidazole rings is 1. The molecule has 10 N–H and O–H groups in total. The van der Waals surface area contributed by atoms with Crippen LogP contribution in [0.25, 0.3) is 11.0 Å². The van der Waals surface area contributed by atoms with Crippen LogP contribution in [0.5, 0.6) is 23.0 Å². The van der Waals surface area contributed by atoms with Crippen LogP contribution in [0.4, 0.5) is 22.7 Å². The molecule has 0 radical (unpaired) electrons. The van der Waals surface area contributed by atoms with Crippen LogP contribution in [0.2, 0.25) is 0 Å². The fourth-order valence-corrected chi connectivity index (χ4v) is 6.28. The number of H-pyrrole nitrogens is 2.